The van der Waals surface area contributed by atoms with Crippen LogP contribution in [-0.2, 0) is 10.8 Å². The first-order valence-electron chi connectivity index (χ1n) is 7.28. The second-order valence-corrected chi connectivity index (χ2v) is 8.68. The molecule has 10 heteroatoms. The van der Waals surface area contributed by atoms with E-state index in [1.165, 1.54) is 29.5 Å². The number of non-ortho nitro benzene ring substituents is 1. The van der Waals surface area contributed by atoms with Crippen molar-refractivity contribution in [2.75, 3.05) is 0 Å². The molecule has 0 bridgehead atoms. The Hall–Kier alpha value is -2.43. The van der Waals surface area contributed by atoms with Gasteiger partial charge in [-0.25, -0.2) is 13.7 Å². The third-order valence-electron chi connectivity index (χ3n) is 3.64. The van der Waals surface area contributed by atoms with Crippen molar-refractivity contribution in [3.05, 3.63) is 68.8 Å². The maximum atomic E-state index is 12.7. The van der Waals surface area contributed by atoms with Gasteiger partial charge in [0.2, 0.25) is 0 Å². The number of rotatable bonds is 4. The Kier molecular flexibility index (Phi) is 4.39. The maximum absolute atomic E-state index is 12.7. The molecule has 1 atom stereocenters. The quantitative estimate of drug-likeness (QED) is 0.342. The Balaban J connectivity index is 1.71. The number of nitro groups is 1. The third-order valence-corrected chi connectivity index (χ3v) is 6.60. The van der Waals surface area contributed by atoms with Crippen LogP contribution >= 0.6 is 27.3 Å². The van der Waals surface area contributed by atoms with E-state index in [9.17, 15) is 14.3 Å². The van der Waals surface area contributed by atoms with Gasteiger partial charge in [-0.15, -0.1) is 11.3 Å². The molecule has 1 unspecified atom stereocenters. The molecule has 3 heterocycles. The fourth-order valence-electron chi connectivity index (χ4n) is 2.43. The van der Waals surface area contributed by atoms with Gasteiger partial charge in [0.05, 0.1) is 27.2 Å². The number of aromatic nitrogens is 3. The molecular formula is C16H9BrN4O3S2. The Labute approximate surface area is 162 Å². The molecule has 0 saturated heterocycles. The molecule has 0 aliphatic rings. The van der Waals surface area contributed by atoms with Crippen molar-refractivity contribution in [3.8, 4) is 11.3 Å². The lowest BCUT2D eigenvalue weighted by atomic mass is 10.2. The van der Waals surface area contributed by atoms with E-state index in [-0.39, 0.29) is 5.69 Å². The van der Waals surface area contributed by atoms with Crippen LogP contribution in [0.5, 0.6) is 0 Å². The second kappa shape index (κ2) is 6.71. The van der Waals surface area contributed by atoms with Crippen molar-refractivity contribution >= 4 is 49.3 Å². The van der Waals surface area contributed by atoms with Crippen LogP contribution in [0.4, 0.5) is 5.69 Å². The number of hydrogen-bond acceptors (Lipinski definition) is 6. The summed E-state index contributed by atoms with van der Waals surface area (Å²) in [7, 11) is -1.59. The van der Waals surface area contributed by atoms with E-state index < -0.39 is 15.7 Å². The number of hydrogen-bond donors (Lipinski definition) is 0. The monoisotopic (exact) mass is 448 g/mol. The zero-order valence-electron chi connectivity index (χ0n) is 12.9. The topological polar surface area (TPSA) is 90.4 Å². The van der Waals surface area contributed by atoms with Crippen LogP contribution in [0, 0.1) is 10.1 Å². The van der Waals surface area contributed by atoms with Crippen molar-refractivity contribution in [2.24, 2.45) is 0 Å². The standard InChI is InChI=1S/C16H9BrN4O3S2/c17-10-4-5-20-15(6-10)13(8-18-20)14-9-25-16(19-14)26(24)12-3-1-2-11(7-12)21(22)23/h1-9H. The van der Waals surface area contributed by atoms with Crippen LogP contribution < -0.4 is 0 Å². The maximum Gasteiger partial charge on any atom is 0.270 e. The second-order valence-electron chi connectivity index (χ2n) is 5.25. The van der Waals surface area contributed by atoms with E-state index in [4.69, 9.17) is 0 Å². The highest BCUT2D eigenvalue weighted by atomic mass is 79.9. The first-order valence-corrected chi connectivity index (χ1v) is 10.1. The van der Waals surface area contributed by atoms with Gasteiger partial charge in [0.1, 0.15) is 10.8 Å². The number of fused-ring (bicyclic) bond motifs is 1. The minimum atomic E-state index is -1.59. The van der Waals surface area contributed by atoms with Crippen LogP contribution in [-0.4, -0.2) is 23.7 Å². The molecule has 0 aliphatic carbocycles. The average Bonchev–Trinajstić information content (AvgIpc) is 3.27. The van der Waals surface area contributed by atoms with Crippen LogP contribution in [0.25, 0.3) is 16.8 Å². The molecule has 0 spiro atoms. The highest BCUT2D eigenvalue weighted by Gasteiger charge is 2.17. The molecule has 26 heavy (non-hydrogen) atoms. The third kappa shape index (κ3) is 3.06. The number of nitro benzene ring substituents is 1. The number of thiazole rings is 1. The Bertz CT molecular complexity index is 1170. The van der Waals surface area contributed by atoms with Crippen LogP contribution in [0.15, 0.2) is 67.9 Å². The van der Waals surface area contributed by atoms with E-state index in [2.05, 4.69) is 26.0 Å². The number of benzene rings is 1. The zero-order valence-corrected chi connectivity index (χ0v) is 16.1. The molecule has 0 saturated carbocycles. The summed E-state index contributed by atoms with van der Waals surface area (Å²) >= 11 is 4.69. The van der Waals surface area contributed by atoms with Crippen LogP contribution in [0.1, 0.15) is 0 Å². The fraction of sp³-hybridized carbons (Fsp3) is 0. The lowest BCUT2D eigenvalue weighted by Gasteiger charge is -1.99. The largest absolute Gasteiger partial charge is 0.270 e. The van der Waals surface area contributed by atoms with Crippen molar-refractivity contribution < 1.29 is 9.13 Å². The number of pyridine rings is 1. The van der Waals surface area contributed by atoms with Gasteiger partial charge in [0.25, 0.3) is 5.69 Å². The summed E-state index contributed by atoms with van der Waals surface area (Å²) in [6.07, 6.45) is 3.54. The van der Waals surface area contributed by atoms with E-state index in [1.807, 2.05) is 23.7 Å². The van der Waals surface area contributed by atoms with Crippen molar-refractivity contribution in [2.45, 2.75) is 9.24 Å². The lowest BCUT2D eigenvalue weighted by Crippen LogP contribution is -1.94. The molecule has 130 valence electrons. The van der Waals surface area contributed by atoms with Crippen LogP contribution in [0.2, 0.25) is 0 Å². The van der Waals surface area contributed by atoms with Crippen molar-refractivity contribution in [3.63, 3.8) is 0 Å². The predicted octanol–water partition coefficient (Wildman–Crippen LogP) is 4.30. The fourth-order valence-corrected chi connectivity index (χ4v) is 4.91. The first-order chi connectivity index (χ1) is 12.5. The van der Waals surface area contributed by atoms with Crippen molar-refractivity contribution in [1.29, 1.82) is 0 Å². The Morgan fingerprint density at radius 1 is 1.27 bits per heavy atom. The van der Waals surface area contributed by atoms with Gasteiger partial charge in [-0.3, -0.25) is 10.1 Å². The van der Waals surface area contributed by atoms with E-state index in [0.717, 1.165) is 15.6 Å². The summed E-state index contributed by atoms with van der Waals surface area (Å²) in [5, 5.41) is 17.0. The van der Waals surface area contributed by atoms with Gasteiger partial charge in [0, 0.05) is 33.7 Å². The number of halogens is 1. The van der Waals surface area contributed by atoms with Gasteiger partial charge in [-0.05, 0) is 18.2 Å². The van der Waals surface area contributed by atoms with E-state index in [1.54, 1.807) is 16.8 Å². The molecule has 0 amide bonds. The summed E-state index contributed by atoms with van der Waals surface area (Å²) in [4.78, 5) is 15.2. The highest BCUT2D eigenvalue weighted by molar-refractivity contribution is 9.10. The normalized spacial score (nSPS) is 12.3. The lowest BCUT2D eigenvalue weighted by molar-refractivity contribution is -0.385. The smallest absolute Gasteiger partial charge is 0.258 e. The minimum absolute atomic E-state index is 0.0971. The Morgan fingerprint density at radius 2 is 2.12 bits per heavy atom. The molecule has 3 aromatic heterocycles. The molecule has 7 nitrogen and oxygen atoms in total. The molecule has 4 rings (SSSR count). The summed E-state index contributed by atoms with van der Waals surface area (Å²) in [6, 6.07) is 9.60. The first kappa shape index (κ1) is 17.0. The number of nitrogens with zero attached hydrogens (tertiary/aromatic N) is 4. The minimum Gasteiger partial charge on any atom is -0.258 e. The van der Waals surface area contributed by atoms with Gasteiger partial charge in [-0.2, -0.15) is 5.10 Å². The van der Waals surface area contributed by atoms with E-state index >= 15 is 0 Å². The summed E-state index contributed by atoms with van der Waals surface area (Å²) in [5.74, 6) is 0. The summed E-state index contributed by atoms with van der Waals surface area (Å²) in [5.41, 5.74) is 2.26. The molecule has 4 aromatic rings. The SMILES string of the molecule is O=[N+]([O-])c1cccc(S(=O)c2nc(-c3cnn4ccc(Br)cc34)cs2)c1. The van der Waals surface area contributed by atoms with Crippen LogP contribution in [0.3, 0.4) is 0 Å². The van der Waals surface area contributed by atoms with Gasteiger partial charge in [0.15, 0.2) is 4.34 Å². The van der Waals surface area contributed by atoms with Gasteiger partial charge >= 0.3 is 0 Å². The summed E-state index contributed by atoms with van der Waals surface area (Å²) < 4.78 is 15.8. The Morgan fingerprint density at radius 3 is 2.92 bits per heavy atom. The predicted molar refractivity (Wildman–Crippen MR) is 102 cm³/mol. The molecular weight excluding hydrogens is 440 g/mol. The molecule has 0 aliphatic heterocycles. The zero-order chi connectivity index (χ0) is 18.3. The van der Waals surface area contributed by atoms with Gasteiger partial charge in [-0.1, -0.05) is 22.0 Å². The van der Waals surface area contributed by atoms with E-state index in [0.29, 0.717) is 14.9 Å². The highest BCUT2D eigenvalue weighted by Crippen LogP contribution is 2.30. The van der Waals surface area contributed by atoms with Gasteiger partial charge < -0.3 is 0 Å². The van der Waals surface area contributed by atoms with Crippen molar-refractivity contribution in [1.82, 2.24) is 14.6 Å². The molecule has 1 aromatic carbocycles. The molecule has 0 radical (unpaired) electrons. The summed E-state index contributed by atoms with van der Waals surface area (Å²) in [6.45, 7) is 0. The average molecular weight is 449 g/mol. The molecule has 0 N–H and O–H groups in total. The molecule has 0 fully saturated rings.